The molecule has 0 spiro atoms. The van der Waals surface area contributed by atoms with E-state index in [2.05, 4.69) is 27.7 Å². The van der Waals surface area contributed by atoms with Gasteiger partial charge in [0, 0.05) is 13.0 Å². The topological polar surface area (TPSA) is 57.2 Å². The molecule has 1 heterocycles. The molecule has 186 valence electrons. The molecular weight excluding hydrogens is 430 g/mol. The van der Waals surface area contributed by atoms with Crippen LogP contribution in [-0.4, -0.2) is 45.8 Å². The van der Waals surface area contributed by atoms with E-state index in [-0.39, 0.29) is 17.4 Å². The first-order chi connectivity index (χ1) is 16.1. The number of benzene rings is 2. The van der Waals surface area contributed by atoms with Gasteiger partial charge in [0.15, 0.2) is 23.0 Å². The van der Waals surface area contributed by atoms with Crippen LogP contribution in [0, 0.1) is 11.3 Å². The van der Waals surface area contributed by atoms with Gasteiger partial charge in [-0.15, -0.1) is 0 Å². The molecule has 0 saturated heterocycles. The Morgan fingerprint density at radius 3 is 2.12 bits per heavy atom. The van der Waals surface area contributed by atoms with Gasteiger partial charge in [-0.3, -0.25) is 4.79 Å². The summed E-state index contributed by atoms with van der Waals surface area (Å²) in [6.45, 7) is 9.47. The molecule has 1 aliphatic rings. The van der Waals surface area contributed by atoms with E-state index in [0.29, 0.717) is 41.9 Å². The molecule has 0 aliphatic carbocycles. The second-order valence-electron chi connectivity index (χ2n) is 10.3. The molecule has 3 rings (SSSR count). The number of nitrogens with zero attached hydrogens (tertiary/aromatic N) is 1. The van der Waals surface area contributed by atoms with E-state index in [1.54, 1.807) is 28.4 Å². The second kappa shape index (κ2) is 10.6. The Kier molecular flexibility index (Phi) is 8.01. The molecule has 6 nitrogen and oxygen atoms in total. The van der Waals surface area contributed by atoms with Crippen LogP contribution in [0.25, 0.3) is 0 Å². The molecule has 1 amide bonds. The molecule has 0 N–H and O–H groups in total. The summed E-state index contributed by atoms with van der Waals surface area (Å²) in [7, 11) is 6.53. The summed E-state index contributed by atoms with van der Waals surface area (Å²) in [4.78, 5) is 15.7. The highest BCUT2D eigenvalue weighted by molar-refractivity contribution is 5.78. The zero-order chi connectivity index (χ0) is 25.0. The molecule has 2 aromatic rings. The van der Waals surface area contributed by atoms with Crippen LogP contribution in [0.3, 0.4) is 0 Å². The van der Waals surface area contributed by atoms with Gasteiger partial charge in [-0.25, -0.2) is 0 Å². The van der Waals surface area contributed by atoms with Crippen molar-refractivity contribution in [1.29, 1.82) is 0 Å². The Labute approximate surface area is 204 Å². The van der Waals surface area contributed by atoms with Gasteiger partial charge in [0.1, 0.15) is 0 Å². The van der Waals surface area contributed by atoms with E-state index in [9.17, 15) is 4.79 Å². The predicted molar refractivity (Wildman–Crippen MR) is 134 cm³/mol. The summed E-state index contributed by atoms with van der Waals surface area (Å²) in [6, 6.07) is 9.66. The standard InChI is InChI=1S/C28H39NO5/c1-18(17-28(2,3)4)13-26(30)29-12-11-19-14-24(33-7)25(34-8)16-21(19)27(29)20-9-10-22(31-5)23(15-20)32-6/h9-10,14-16,18,27H,11-13,17H2,1-8H3/t18-,27-/m1/s1. The third kappa shape index (κ3) is 5.60. The lowest BCUT2D eigenvalue weighted by Crippen LogP contribution is -2.41. The fraction of sp³-hybridized carbons (Fsp3) is 0.536. The monoisotopic (exact) mass is 469 g/mol. The fourth-order valence-electron chi connectivity index (χ4n) is 5.13. The highest BCUT2D eigenvalue weighted by atomic mass is 16.5. The molecule has 0 saturated carbocycles. The minimum atomic E-state index is -0.252. The summed E-state index contributed by atoms with van der Waals surface area (Å²) in [5, 5.41) is 0. The van der Waals surface area contributed by atoms with Crippen LogP contribution in [0.2, 0.25) is 0 Å². The highest BCUT2D eigenvalue weighted by Crippen LogP contribution is 2.43. The largest absolute Gasteiger partial charge is 0.493 e. The number of amides is 1. The van der Waals surface area contributed by atoms with Crippen LogP contribution in [0.5, 0.6) is 23.0 Å². The molecule has 0 bridgehead atoms. The quantitative estimate of drug-likeness (QED) is 0.499. The van der Waals surface area contributed by atoms with Crippen molar-refractivity contribution < 1.29 is 23.7 Å². The molecule has 0 radical (unpaired) electrons. The molecule has 0 aromatic heterocycles. The maximum Gasteiger partial charge on any atom is 0.223 e. The van der Waals surface area contributed by atoms with Crippen LogP contribution >= 0.6 is 0 Å². The van der Waals surface area contributed by atoms with Gasteiger partial charge in [0.25, 0.3) is 0 Å². The van der Waals surface area contributed by atoms with Gasteiger partial charge in [-0.2, -0.15) is 0 Å². The first-order valence-corrected chi connectivity index (χ1v) is 11.9. The lowest BCUT2D eigenvalue weighted by molar-refractivity contribution is -0.134. The Balaban J connectivity index is 2.07. The van der Waals surface area contributed by atoms with E-state index in [1.165, 1.54) is 0 Å². The summed E-state index contributed by atoms with van der Waals surface area (Å²) >= 11 is 0. The van der Waals surface area contributed by atoms with Crippen molar-refractivity contribution in [3.63, 3.8) is 0 Å². The summed E-state index contributed by atoms with van der Waals surface area (Å²) in [5.74, 6) is 3.11. The van der Waals surface area contributed by atoms with Crippen molar-refractivity contribution in [3.05, 3.63) is 47.0 Å². The third-order valence-electron chi connectivity index (χ3n) is 6.40. The molecule has 6 heteroatoms. The first kappa shape index (κ1) is 25.7. The number of methoxy groups -OCH3 is 4. The van der Waals surface area contributed by atoms with Crippen LogP contribution in [-0.2, 0) is 11.2 Å². The van der Waals surface area contributed by atoms with E-state index < -0.39 is 0 Å². The molecule has 0 fully saturated rings. The lowest BCUT2D eigenvalue weighted by Gasteiger charge is -2.39. The molecule has 0 unspecified atom stereocenters. The number of fused-ring (bicyclic) bond motifs is 1. The van der Waals surface area contributed by atoms with Crippen LogP contribution < -0.4 is 18.9 Å². The lowest BCUT2D eigenvalue weighted by atomic mass is 9.83. The smallest absolute Gasteiger partial charge is 0.223 e. The zero-order valence-corrected chi connectivity index (χ0v) is 21.9. The molecule has 2 aromatic carbocycles. The van der Waals surface area contributed by atoms with Gasteiger partial charge >= 0.3 is 0 Å². The van der Waals surface area contributed by atoms with Crippen molar-refractivity contribution in [2.75, 3.05) is 35.0 Å². The van der Waals surface area contributed by atoms with Crippen molar-refractivity contribution in [1.82, 2.24) is 4.90 Å². The first-order valence-electron chi connectivity index (χ1n) is 11.9. The van der Waals surface area contributed by atoms with Crippen molar-refractivity contribution in [2.45, 2.75) is 53.0 Å². The van der Waals surface area contributed by atoms with Gasteiger partial charge in [0.2, 0.25) is 5.91 Å². The number of ether oxygens (including phenoxy) is 4. The van der Waals surface area contributed by atoms with E-state index in [0.717, 1.165) is 29.5 Å². The molecule has 34 heavy (non-hydrogen) atoms. The zero-order valence-electron chi connectivity index (χ0n) is 21.9. The second-order valence-corrected chi connectivity index (χ2v) is 10.3. The number of hydrogen-bond donors (Lipinski definition) is 0. The van der Waals surface area contributed by atoms with E-state index >= 15 is 0 Å². The fourth-order valence-corrected chi connectivity index (χ4v) is 5.13. The Morgan fingerprint density at radius 2 is 1.53 bits per heavy atom. The molecule has 2 atom stereocenters. The maximum atomic E-state index is 13.7. The Bertz CT molecular complexity index is 1010. The summed E-state index contributed by atoms with van der Waals surface area (Å²) in [6.07, 6.45) is 2.28. The predicted octanol–water partition coefficient (Wildman–Crippen LogP) is 5.66. The summed E-state index contributed by atoms with van der Waals surface area (Å²) in [5.41, 5.74) is 3.36. The Hall–Kier alpha value is -2.89. The Morgan fingerprint density at radius 1 is 0.941 bits per heavy atom. The third-order valence-corrected chi connectivity index (χ3v) is 6.40. The van der Waals surface area contributed by atoms with E-state index in [1.807, 2.05) is 35.2 Å². The normalized spacial score (nSPS) is 16.5. The van der Waals surface area contributed by atoms with Crippen LogP contribution in [0.1, 0.15) is 63.3 Å². The number of carbonyl (C=O) groups is 1. The van der Waals surface area contributed by atoms with Crippen LogP contribution in [0.15, 0.2) is 30.3 Å². The average Bonchev–Trinajstić information content (AvgIpc) is 2.80. The average molecular weight is 470 g/mol. The van der Waals surface area contributed by atoms with Crippen molar-refractivity contribution >= 4 is 5.91 Å². The maximum absolute atomic E-state index is 13.7. The van der Waals surface area contributed by atoms with Crippen LogP contribution in [0.4, 0.5) is 0 Å². The van der Waals surface area contributed by atoms with Gasteiger partial charge in [0.05, 0.1) is 34.5 Å². The number of hydrogen-bond acceptors (Lipinski definition) is 5. The van der Waals surface area contributed by atoms with Gasteiger partial charge in [-0.1, -0.05) is 33.8 Å². The molecule has 1 aliphatic heterocycles. The van der Waals surface area contributed by atoms with Crippen molar-refractivity contribution in [2.24, 2.45) is 11.3 Å². The van der Waals surface area contributed by atoms with Gasteiger partial charge in [-0.05, 0) is 65.1 Å². The van der Waals surface area contributed by atoms with Gasteiger partial charge < -0.3 is 23.8 Å². The SMILES string of the molecule is COc1ccc([C@@H]2c3cc(OC)c(OC)cc3CCN2C(=O)C[C@@H](C)CC(C)(C)C)cc1OC. The van der Waals surface area contributed by atoms with Crippen molar-refractivity contribution in [3.8, 4) is 23.0 Å². The number of rotatable bonds is 8. The van der Waals surface area contributed by atoms with E-state index in [4.69, 9.17) is 18.9 Å². The minimum absolute atomic E-state index is 0.164. The summed E-state index contributed by atoms with van der Waals surface area (Å²) < 4.78 is 22.2. The number of carbonyl (C=O) groups excluding carboxylic acids is 1. The molecular formula is C28H39NO5. The highest BCUT2D eigenvalue weighted by Gasteiger charge is 2.34. The minimum Gasteiger partial charge on any atom is -0.493 e.